The van der Waals surface area contributed by atoms with Crippen LogP contribution in [0.15, 0.2) is 53.7 Å². The summed E-state index contributed by atoms with van der Waals surface area (Å²) in [6.07, 6.45) is 3.16. The molecule has 0 aliphatic carbocycles. The summed E-state index contributed by atoms with van der Waals surface area (Å²) in [6, 6.07) is 9.17. The van der Waals surface area contributed by atoms with Gasteiger partial charge in [-0.15, -0.1) is 0 Å². The first-order valence-corrected chi connectivity index (χ1v) is 11.5. The van der Waals surface area contributed by atoms with Crippen LogP contribution < -0.4 is 10.6 Å². The third-order valence-corrected chi connectivity index (χ3v) is 6.90. The summed E-state index contributed by atoms with van der Waals surface area (Å²) in [5.74, 6) is -0.841. The second kappa shape index (κ2) is 10.3. The highest BCUT2D eigenvalue weighted by Crippen LogP contribution is 2.19. The van der Waals surface area contributed by atoms with E-state index in [1.54, 1.807) is 23.2 Å². The molecule has 11 heteroatoms. The fourth-order valence-electron chi connectivity index (χ4n) is 3.24. The van der Waals surface area contributed by atoms with Gasteiger partial charge in [-0.3, -0.25) is 19.4 Å². The molecular weight excluding hydrogens is 434 g/mol. The predicted molar refractivity (Wildman–Crippen MR) is 117 cm³/mol. The summed E-state index contributed by atoms with van der Waals surface area (Å²) in [7, 11) is -3.79. The molecule has 2 aromatic rings. The predicted octanol–water partition coefficient (Wildman–Crippen LogP) is 0.693. The standard InChI is InChI=1S/C21H25N5O5S/c1-16(27)25-10-12-26(13-11-25)32(30,31)19-6-2-4-17(14-19)21(29)23-9-7-20(28)24-18-5-3-8-22-15-18/h2-6,8,14-15H,7,9-13H2,1H3,(H,23,29)(H,24,28). The molecule has 1 fully saturated rings. The number of nitrogens with one attached hydrogen (secondary N) is 2. The van der Waals surface area contributed by atoms with Crippen LogP contribution in [0, 0.1) is 0 Å². The zero-order valence-electron chi connectivity index (χ0n) is 17.7. The Hall–Kier alpha value is -3.31. The number of pyridine rings is 1. The number of benzene rings is 1. The lowest BCUT2D eigenvalue weighted by Crippen LogP contribution is -2.49. The average molecular weight is 460 g/mol. The van der Waals surface area contributed by atoms with Crippen LogP contribution in [0.25, 0.3) is 0 Å². The third-order valence-electron chi connectivity index (χ3n) is 5.00. The fraction of sp³-hybridized carbons (Fsp3) is 0.333. The second-order valence-corrected chi connectivity index (χ2v) is 9.17. The van der Waals surface area contributed by atoms with Gasteiger partial charge < -0.3 is 15.5 Å². The molecule has 0 saturated carbocycles. The number of carbonyl (C=O) groups is 3. The number of piperazine rings is 1. The van der Waals surface area contributed by atoms with Crippen molar-refractivity contribution in [2.45, 2.75) is 18.2 Å². The Bertz CT molecular complexity index is 1080. The Morgan fingerprint density at radius 1 is 1.06 bits per heavy atom. The molecule has 0 atom stereocenters. The molecule has 2 heterocycles. The number of rotatable bonds is 7. The first-order chi connectivity index (χ1) is 15.3. The van der Waals surface area contributed by atoms with Gasteiger partial charge in [0.15, 0.2) is 0 Å². The molecule has 32 heavy (non-hydrogen) atoms. The van der Waals surface area contributed by atoms with E-state index < -0.39 is 15.9 Å². The molecule has 3 rings (SSSR count). The van der Waals surface area contributed by atoms with Crippen molar-refractivity contribution >= 4 is 33.4 Å². The number of aromatic nitrogens is 1. The molecule has 1 aromatic carbocycles. The summed E-state index contributed by atoms with van der Waals surface area (Å²) in [4.78, 5) is 41.4. The van der Waals surface area contributed by atoms with Gasteiger partial charge in [0, 0.05) is 57.8 Å². The fourth-order valence-corrected chi connectivity index (χ4v) is 4.71. The maximum atomic E-state index is 12.9. The molecule has 170 valence electrons. The van der Waals surface area contributed by atoms with Crippen molar-refractivity contribution < 1.29 is 22.8 Å². The minimum atomic E-state index is -3.79. The quantitative estimate of drug-likeness (QED) is 0.627. The van der Waals surface area contributed by atoms with Crippen LogP contribution in [0.4, 0.5) is 5.69 Å². The van der Waals surface area contributed by atoms with Gasteiger partial charge in [0.2, 0.25) is 21.8 Å². The minimum absolute atomic E-state index is 0.00995. The van der Waals surface area contributed by atoms with Crippen LogP contribution in [-0.4, -0.2) is 73.1 Å². The van der Waals surface area contributed by atoms with Gasteiger partial charge in [-0.25, -0.2) is 8.42 Å². The summed E-state index contributed by atoms with van der Waals surface area (Å²) in [5, 5.41) is 5.29. The topological polar surface area (TPSA) is 129 Å². The van der Waals surface area contributed by atoms with Gasteiger partial charge in [-0.2, -0.15) is 4.31 Å². The SMILES string of the molecule is CC(=O)N1CCN(S(=O)(=O)c2cccc(C(=O)NCCC(=O)Nc3cccnc3)c2)CC1. The molecule has 0 spiro atoms. The Kier molecular flexibility index (Phi) is 7.54. The number of anilines is 1. The van der Waals surface area contributed by atoms with Crippen molar-refractivity contribution in [3.63, 3.8) is 0 Å². The van der Waals surface area contributed by atoms with Crippen LogP contribution in [0.3, 0.4) is 0 Å². The molecule has 0 radical (unpaired) electrons. The Morgan fingerprint density at radius 3 is 2.47 bits per heavy atom. The molecule has 1 aromatic heterocycles. The smallest absolute Gasteiger partial charge is 0.251 e. The van der Waals surface area contributed by atoms with Gasteiger partial charge in [0.05, 0.1) is 16.8 Å². The van der Waals surface area contributed by atoms with E-state index >= 15 is 0 Å². The van der Waals surface area contributed by atoms with Gasteiger partial charge in [-0.05, 0) is 30.3 Å². The van der Waals surface area contributed by atoms with Crippen molar-refractivity contribution in [1.29, 1.82) is 0 Å². The molecule has 10 nitrogen and oxygen atoms in total. The molecule has 3 amide bonds. The maximum Gasteiger partial charge on any atom is 0.251 e. The lowest BCUT2D eigenvalue weighted by molar-refractivity contribution is -0.130. The highest BCUT2D eigenvalue weighted by atomic mass is 32.2. The summed E-state index contributed by atoms with van der Waals surface area (Å²) >= 11 is 0. The highest BCUT2D eigenvalue weighted by Gasteiger charge is 2.29. The van der Waals surface area contributed by atoms with E-state index in [-0.39, 0.29) is 48.3 Å². The zero-order chi connectivity index (χ0) is 23.1. The Balaban J connectivity index is 1.56. The molecule has 0 unspecified atom stereocenters. The van der Waals surface area contributed by atoms with Crippen molar-refractivity contribution in [3.05, 3.63) is 54.4 Å². The summed E-state index contributed by atoms with van der Waals surface area (Å²) in [5.41, 5.74) is 0.743. The highest BCUT2D eigenvalue weighted by molar-refractivity contribution is 7.89. The van der Waals surface area contributed by atoms with Crippen molar-refractivity contribution in [3.8, 4) is 0 Å². The first-order valence-electron chi connectivity index (χ1n) is 10.1. The lowest BCUT2D eigenvalue weighted by atomic mass is 10.2. The van der Waals surface area contributed by atoms with Crippen LogP contribution >= 0.6 is 0 Å². The van der Waals surface area contributed by atoms with E-state index in [1.165, 1.54) is 41.7 Å². The van der Waals surface area contributed by atoms with Gasteiger partial charge in [0.25, 0.3) is 5.91 Å². The van der Waals surface area contributed by atoms with Crippen LogP contribution in [-0.2, 0) is 19.6 Å². The first kappa shape index (κ1) is 23.4. The number of sulfonamides is 1. The van der Waals surface area contributed by atoms with Crippen LogP contribution in [0.2, 0.25) is 0 Å². The molecule has 1 aliphatic rings. The third kappa shape index (κ3) is 5.89. The van der Waals surface area contributed by atoms with Gasteiger partial charge in [0.1, 0.15) is 0 Å². The van der Waals surface area contributed by atoms with Gasteiger partial charge in [-0.1, -0.05) is 6.07 Å². The maximum absolute atomic E-state index is 12.9. The number of nitrogens with zero attached hydrogens (tertiary/aromatic N) is 3. The van der Waals surface area contributed by atoms with Crippen LogP contribution in [0.5, 0.6) is 0 Å². The zero-order valence-corrected chi connectivity index (χ0v) is 18.5. The van der Waals surface area contributed by atoms with E-state index in [2.05, 4.69) is 15.6 Å². The van der Waals surface area contributed by atoms with E-state index in [0.29, 0.717) is 18.8 Å². The number of amides is 3. The van der Waals surface area contributed by atoms with E-state index in [1.807, 2.05) is 0 Å². The second-order valence-electron chi connectivity index (χ2n) is 7.23. The number of hydrogen-bond donors (Lipinski definition) is 2. The van der Waals surface area contributed by atoms with Crippen molar-refractivity contribution in [2.24, 2.45) is 0 Å². The largest absolute Gasteiger partial charge is 0.352 e. The van der Waals surface area contributed by atoms with E-state index in [9.17, 15) is 22.8 Å². The Labute approximate surface area is 186 Å². The molecule has 0 bridgehead atoms. The summed E-state index contributed by atoms with van der Waals surface area (Å²) < 4.78 is 27.2. The normalized spacial score (nSPS) is 14.6. The molecule has 1 saturated heterocycles. The number of carbonyl (C=O) groups excluding carboxylic acids is 3. The number of hydrogen-bond acceptors (Lipinski definition) is 6. The van der Waals surface area contributed by atoms with Crippen molar-refractivity contribution in [1.82, 2.24) is 19.5 Å². The van der Waals surface area contributed by atoms with Crippen LogP contribution in [0.1, 0.15) is 23.7 Å². The van der Waals surface area contributed by atoms with E-state index in [4.69, 9.17) is 0 Å². The minimum Gasteiger partial charge on any atom is -0.352 e. The lowest BCUT2D eigenvalue weighted by Gasteiger charge is -2.33. The molecule has 2 N–H and O–H groups in total. The molecular formula is C21H25N5O5S. The summed E-state index contributed by atoms with van der Waals surface area (Å²) in [6.45, 7) is 2.60. The van der Waals surface area contributed by atoms with E-state index in [0.717, 1.165) is 0 Å². The average Bonchev–Trinajstić information content (AvgIpc) is 2.79. The monoisotopic (exact) mass is 459 g/mol. The van der Waals surface area contributed by atoms with Gasteiger partial charge >= 0.3 is 0 Å². The van der Waals surface area contributed by atoms with Crippen molar-refractivity contribution in [2.75, 3.05) is 38.0 Å². The Morgan fingerprint density at radius 2 is 1.81 bits per heavy atom. The molecule has 1 aliphatic heterocycles.